The van der Waals surface area contributed by atoms with Crippen LogP contribution in [-0.2, 0) is 28.7 Å². The molecule has 5 atom stereocenters. The van der Waals surface area contributed by atoms with E-state index in [2.05, 4.69) is 5.32 Å². The van der Waals surface area contributed by atoms with Crippen molar-refractivity contribution in [3.63, 3.8) is 0 Å². The molecular formula is C27H48N4O6. The Bertz CT molecular complexity index is 834. The summed E-state index contributed by atoms with van der Waals surface area (Å²) in [6.07, 6.45) is 3.04. The summed E-state index contributed by atoms with van der Waals surface area (Å²) in [5, 5.41) is 2.93. The summed E-state index contributed by atoms with van der Waals surface area (Å²) in [7, 11) is 0. The van der Waals surface area contributed by atoms with Crippen LogP contribution in [-0.4, -0.2) is 88.6 Å². The maximum absolute atomic E-state index is 13.7. The summed E-state index contributed by atoms with van der Waals surface area (Å²) in [5.41, 5.74) is 5.01. The number of carbonyl (C=O) groups is 4. The minimum Gasteiger partial charge on any atom is -0.458 e. The van der Waals surface area contributed by atoms with Gasteiger partial charge >= 0.3 is 5.97 Å². The lowest BCUT2D eigenvalue weighted by molar-refractivity contribution is -0.164. The van der Waals surface area contributed by atoms with Gasteiger partial charge in [-0.15, -0.1) is 0 Å². The summed E-state index contributed by atoms with van der Waals surface area (Å²) in [6.45, 7) is 15.8. The minimum absolute atomic E-state index is 0.0577. The number of hydrogen-bond acceptors (Lipinski definition) is 7. The second kappa shape index (κ2) is 12.6. The van der Waals surface area contributed by atoms with Crippen molar-refractivity contribution in [3.05, 3.63) is 0 Å². The van der Waals surface area contributed by atoms with Gasteiger partial charge in [0.2, 0.25) is 17.7 Å². The molecule has 3 N–H and O–H groups in total. The Morgan fingerprint density at radius 1 is 0.919 bits per heavy atom. The Balaban J connectivity index is 2.13. The topological polar surface area (TPSA) is 131 Å². The van der Waals surface area contributed by atoms with Gasteiger partial charge in [-0.1, -0.05) is 20.3 Å². The first-order valence-electron chi connectivity index (χ1n) is 13.6. The Kier molecular flexibility index (Phi) is 10.5. The first kappa shape index (κ1) is 31.0. The summed E-state index contributed by atoms with van der Waals surface area (Å²) in [6, 6.07) is -3.05. The summed E-state index contributed by atoms with van der Waals surface area (Å²) < 4.78 is 11.2. The zero-order chi connectivity index (χ0) is 28.1. The monoisotopic (exact) mass is 524 g/mol. The lowest BCUT2D eigenvalue weighted by Crippen LogP contribution is -2.58. The van der Waals surface area contributed by atoms with Crippen LogP contribution in [0.2, 0.25) is 0 Å². The third kappa shape index (κ3) is 8.67. The van der Waals surface area contributed by atoms with Gasteiger partial charge in [-0.25, -0.2) is 4.79 Å². The highest BCUT2D eigenvalue weighted by atomic mass is 16.6. The molecule has 0 bridgehead atoms. The fourth-order valence-corrected chi connectivity index (χ4v) is 4.68. The molecule has 2 fully saturated rings. The van der Waals surface area contributed by atoms with Crippen LogP contribution in [0.5, 0.6) is 0 Å². The molecule has 0 aromatic heterocycles. The molecule has 0 aromatic carbocycles. The standard InChI is InChI=1S/C27H48N4O6/c1-9-17(2)21(24(34)31-15-11-13-20(31)25(35)37-27(6,7)8)29-22(32)19-12-10-14-30(19)23(33)18(28)16-36-26(3,4)5/h17-21H,9-16,28H2,1-8H3,(H,29,32)/t17-,18-,19-,20-,21-/m0/s1. The molecule has 2 aliphatic heterocycles. The number of nitrogens with one attached hydrogen (secondary N) is 1. The number of hydrogen-bond donors (Lipinski definition) is 2. The first-order valence-corrected chi connectivity index (χ1v) is 13.6. The highest BCUT2D eigenvalue weighted by molar-refractivity contribution is 5.95. The largest absolute Gasteiger partial charge is 0.458 e. The molecule has 2 saturated heterocycles. The Labute approximate surface area is 221 Å². The summed E-state index contributed by atoms with van der Waals surface area (Å²) in [4.78, 5) is 56.0. The van der Waals surface area contributed by atoms with E-state index in [0.717, 1.165) is 0 Å². The van der Waals surface area contributed by atoms with E-state index in [4.69, 9.17) is 15.2 Å². The van der Waals surface area contributed by atoms with Crippen LogP contribution in [0.15, 0.2) is 0 Å². The second-order valence-corrected chi connectivity index (χ2v) is 12.3. The van der Waals surface area contributed by atoms with E-state index in [1.165, 1.54) is 4.90 Å². The molecule has 10 heteroatoms. The van der Waals surface area contributed by atoms with Crippen molar-refractivity contribution in [1.29, 1.82) is 0 Å². The van der Waals surface area contributed by atoms with E-state index in [-0.39, 0.29) is 30.2 Å². The molecule has 0 aliphatic carbocycles. The van der Waals surface area contributed by atoms with E-state index >= 15 is 0 Å². The quantitative estimate of drug-likeness (QED) is 0.441. The van der Waals surface area contributed by atoms with E-state index < -0.39 is 41.3 Å². The molecule has 37 heavy (non-hydrogen) atoms. The van der Waals surface area contributed by atoms with Crippen LogP contribution in [0.1, 0.15) is 87.5 Å². The third-order valence-corrected chi connectivity index (χ3v) is 6.84. The number of nitrogens with zero attached hydrogens (tertiary/aromatic N) is 2. The highest BCUT2D eigenvalue weighted by Gasteiger charge is 2.43. The molecule has 10 nitrogen and oxygen atoms in total. The number of likely N-dealkylation sites (tertiary alicyclic amines) is 2. The third-order valence-electron chi connectivity index (χ3n) is 6.84. The Hall–Kier alpha value is -2.20. The number of amides is 3. The maximum Gasteiger partial charge on any atom is 0.329 e. The molecule has 0 unspecified atom stereocenters. The van der Waals surface area contributed by atoms with Crippen molar-refractivity contribution >= 4 is 23.7 Å². The zero-order valence-electron chi connectivity index (χ0n) is 24.0. The van der Waals surface area contributed by atoms with Crippen molar-refractivity contribution in [1.82, 2.24) is 15.1 Å². The lowest BCUT2D eigenvalue weighted by Gasteiger charge is -2.34. The van der Waals surface area contributed by atoms with Gasteiger partial charge < -0.3 is 30.3 Å². The second-order valence-electron chi connectivity index (χ2n) is 12.3. The van der Waals surface area contributed by atoms with Crippen LogP contribution in [0.4, 0.5) is 0 Å². The number of carbonyl (C=O) groups excluding carboxylic acids is 4. The summed E-state index contributed by atoms with van der Waals surface area (Å²) >= 11 is 0. The van der Waals surface area contributed by atoms with Gasteiger partial charge in [0.15, 0.2) is 0 Å². The predicted molar refractivity (Wildman–Crippen MR) is 140 cm³/mol. The maximum atomic E-state index is 13.7. The van der Waals surface area contributed by atoms with Gasteiger partial charge in [-0.05, 0) is 73.1 Å². The smallest absolute Gasteiger partial charge is 0.329 e. The van der Waals surface area contributed by atoms with Gasteiger partial charge in [-0.2, -0.15) is 0 Å². The SMILES string of the molecule is CC[C@H](C)[C@H](NC(=O)[C@@H]1CCCN1C(=O)[C@@H](N)COC(C)(C)C)C(=O)N1CCC[C@H]1C(=O)OC(C)(C)C. The van der Waals surface area contributed by atoms with E-state index in [1.54, 1.807) is 25.7 Å². The molecular weight excluding hydrogens is 476 g/mol. The average molecular weight is 525 g/mol. The van der Waals surface area contributed by atoms with Crippen molar-refractivity contribution in [2.75, 3.05) is 19.7 Å². The predicted octanol–water partition coefficient (Wildman–Crippen LogP) is 1.98. The molecule has 2 aliphatic rings. The molecule has 2 rings (SSSR count). The van der Waals surface area contributed by atoms with Crippen molar-refractivity contribution in [3.8, 4) is 0 Å². The zero-order valence-corrected chi connectivity index (χ0v) is 24.0. The van der Waals surface area contributed by atoms with Crippen LogP contribution in [0.25, 0.3) is 0 Å². The summed E-state index contributed by atoms with van der Waals surface area (Å²) in [5.74, 6) is -1.59. The molecule has 0 aromatic rings. The average Bonchev–Trinajstić information content (AvgIpc) is 3.47. The van der Waals surface area contributed by atoms with Crippen molar-refractivity contribution in [2.24, 2.45) is 11.7 Å². The van der Waals surface area contributed by atoms with Gasteiger partial charge in [-0.3, -0.25) is 14.4 Å². The van der Waals surface area contributed by atoms with E-state index in [9.17, 15) is 19.2 Å². The molecule has 0 spiro atoms. The normalized spacial score (nSPS) is 22.9. The molecule has 2 heterocycles. The molecule has 3 amide bonds. The van der Waals surface area contributed by atoms with Gasteiger partial charge in [0.1, 0.15) is 29.8 Å². The number of ether oxygens (including phenoxy) is 2. The molecule has 0 radical (unpaired) electrons. The van der Waals surface area contributed by atoms with Crippen molar-refractivity contribution in [2.45, 2.75) is 123 Å². The van der Waals surface area contributed by atoms with E-state index in [1.807, 2.05) is 34.6 Å². The van der Waals surface area contributed by atoms with Crippen LogP contribution < -0.4 is 11.1 Å². The lowest BCUT2D eigenvalue weighted by atomic mass is 9.96. The van der Waals surface area contributed by atoms with E-state index in [0.29, 0.717) is 45.2 Å². The van der Waals surface area contributed by atoms with Gasteiger partial charge in [0.05, 0.1) is 12.2 Å². The molecule has 0 saturated carbocycles. The molecule has 212 valence electrons. The van der Waals surface area contributed by atoms with Crippen molar-refractivity contribution < 1.29 is 28.7 Å². The van der Waals surface area contributed by atoms with Crippen LogP contribution in [0, 0.1) is 5.92 Å². The first-order chi connectivity index (χ1) is 17.1. The highest BCUT2D eigenvalue weighted by Crippen LogP contribution is 2.25. The fraction of sp³-hybridized carbons (Fsp3) is 0.852. The number of rotatable bonds is 9. The minimum atomic E-state index is -0.876. The number of nitrogens with two attached hydrogens (primary N) is 1. The van der Waals surface area contributed by atoms with Crippen LogP contribution in [0.3, 0.4) is 0 Å². The van der Waals surface area contributed by atoms with Gasteiger partial charge in [0, 0.05) is 13.1 Å². The fourth-order valence-electron chi connectivity index (χ4n) is 4.68. The van der Waals surface area contributed by atoms with Gasteiger partial charge in [0.25, 0.3) is 0 Å². The Morgan fingerprint density at radius 3 is 1.97 bits per heavy atom. The Morgan fingerprint density at radius 2 is 1.46 bits per heavy atom. The number of esters is 1. The van der Waals surface area contributed by atoms with Crippen LogP contribution >= 0.6 is 0 Å².